The van der Waals surface area contributed by atoms with Crippen molar-refractivity contribution in [2.24, 2.45) is 4.99 Å². The Kier molecular flexibility index (Phi) is 5.96. The van der Waals surface area contributed by atoms with Crippen LogP contribution in [0.1, 0.15) is 46.2 Å². The van der Waals surface area contributed by atoms with Crippen LogP contribution in [0, 0.1) is 12.3 Å². The van der Waals surface area contributed by atoms with E-state index in [1.54, 1.807) is 13.4 Å². The van der Waals surface area contributed by atoms with Crippen molar-refractivity contribution in [2.75, 3.05) is 13.7 Å². The molecule has 6 nitrogen and oxygen atoms in total. The second-order valence-corrected chi connectivity index (χ2v) is 7.35. The summed E-state index contributed by atoms with van der Waals surface area (Å²) in [4.78, 5) is 22.3. The van der Waals surface area contributed by atoms with Crippen LogP contribution in [0.3, 0.4) is 0 Å². The second kappa shape index (κ2) is 8.99. The van der Waals surface area contributed by atoms with Crippen LogP contribution in [-0.4, -0.2) is 40.9 Å². The van der Waals surface area contributed by atoms with Gasteiger partial charge in [-0.2, -0.15) is 0 Å². The van der Waals surface area contributed by atoms with Crippen LogP contribution in [0.4, 0.5) is 0 Å². The highest BCUT2D eigenvalue weighted by atomic mass is 16.5. The molecule has 1 aliphatic heterocycles. The lowest BCUT2D eigenvalue weighted by Crippen LogP contribution is -2.38. The number of ether oxygens (including phenoxy) is 1. The Morgan fingerprint density at radius 3 is 2.81 bits per heavy atom. The summed E-state index contributed by atoms with van der Waals surface area (Å²) in [6, 6.07) is 15.7. The summed E-state index contributed by atoms with van der Waals surface area (Å²) in [7, 11) is 1.62. The number of aliphatic imine (C=N–C) groups is 1. The van der Waals surface area contributed by atoms with Crippen molar-refractivity contribution in [3.63, 3.8) is 0 Å². The third-order valence-corrected chi connectivity index (χ3v) is 5.39. The lowest BCUT2D eigenvalue weighted by Gasteiger charge is -2.15. The third kappa shape index (κ3) is 4.00. The number of nitrogens with zero attached hydrogens (tertiary/aromatic N) is 3. The predicted octanol–water partition coefficient (Wildman–Crippen LogP) is 3.36. The van der Waals surface area contributed by atoms with Gasteiger partial charge in [0, 0.05) is 23.8 Å². The molecule has 31 heavy (non-hydrogen) atoms. The zero-order valence-corrected chi connectivity index (χ0v) is 17.6. The number of fused-ring (bicyclic) bond motifs is 3. The normalized spacial score (nSPS) is 13.3. The minimum absolute atomic E-state index is 0.0746. The van der Waals surface area contributed by atoms with E-state index in [1.165, 1.54) is 0 Å². The van der Waals surface area contributed by atoms with Crippen molar-refractivity contribution in [2.45, 2.75) is 25.9 Å². The van der Waals surface area contributed by atoms with Gasteiger partial charge in [0.1, 0.15) is 6.33 Å². The number of amides is 1. The summed E-state index contributed by atoms with van der Waals surface area (Å²) >= 11 is 0. The molecule has 0 spiro atoms. The van der Waals surface area contributed by atoms with E-state index in [0.717, 1.165) is 40.2 Å². The van der Waals surface area contributed by atoms with E-state index in [-0.39, 0.29) is 11.9 Å². The van der Waals surface area contributed by atoms with Gasteiger partial charge in [-0.15, -0.1) is 6.42 Å². The largest absolute Gasteiger partial charge is 0.383 e. The average Bonchev–Trinajstić information content (AvgIpc) is 3.16. The number of carbonyl (C=O) groups excluding carboxylic acids is 1. The summed E-state index contributed by atoms with van der Waals surface area (Å²) in [5.41, 5.74) is 5.53. The summed E-state index contributed by atoms with van der Waals surface area (Å²) < 4.78 is 7.13. The van der Waals surface area contributed by atoms with Crippen LogP contribution >= 0.6 is 0 Å². The van der Waals surface area contributed by atoms with Crippen LogP contribution < -0.4 is 5.32 Å². The maximum absolute atomic E-state index is 13.0. The zero-order valence-electron chi connectivity index (χ0n) is 17.6. The summed E-state index contributed by atoms with van der Waals surface area (Å²) in [6.45, 7) is 2.79. The zero-order chi connectivity index (χ0) is 21.8. The Balaban J connectivity index is 1.80. The number of rotatable bonds is 6. The van der Waals surface area contributed by atoms with E-state index in [2.05, 4.69) is 16.2 Å². The number of aromatic nitrogens is 2. The highest BCUT2D eigenvalue weighted by Gasteiger charge is 2.25. The minimum atomic E-state index is -0.224. The van der Waals surface area contributed by atoms with Crippen molar-refractivity contribution >= 4 is 11.6 Å². The van der Waals surface area contributed by atoms with Crippen LogP contribution in [0.5, 0.6) is 0 Å². The van der Waals surface area contributed by atoms with Crippen LogP contribution in [0.15, 0.2) is 59.9 Å². The Hall–Kier alpha value is -3.69. The highest BCUT2D eigenvalue weighted by Crippen LogP contribution is 2.27. The molecule has 156 valence electrons. The molecule has 2 heterocycles. The lowest BCUT2D eigenvalue weighted by atomic mass is 9.98. The van der Waals surface area contributed by atoms with Gasteiger partial charge in [-0.25, -0.2) is 4.98 Å². The fraction of sp³-hybridized carbons (Fsp3) is 0.240. The lowest BCUT2D eigenvalue weighted by molar-refractivity contribution is 0.0889. The topological polar surface area (TPSA) is 68.5 Å². The van der Waals surface area contributed by atoms with Crippen molar-refractivity contribution < 1.29 is 9.53 Å². The Labute approximate surface area is 182 Å². The summed E-state index contributed by atoms with van der Waals surface area (Å²) in [6.07, 6.45) is 8.10. The van der Waals surface area contributed by atoms with Gasteiger partial charge in [-0.1, -0.05) is 43.2 Å². The quantitative estimate of drug-likeness (QED) is 0.632. The van der Waals surface area contributed by atoms with Gasteiger partial charge >= 0.3 is 0 Å². The van der Waals surface area contributed by atoms with Crippen molar-refractivity contribution in [3.8, 4) is 18.0 Å². The molecule has 1 N–H and O–H groups in total. The number of imidazole rings is 1. The van der Waals surface area contributed by atoms with Gasteiger partial charge in [0.15, 0.2) is 5.69 Å². The number of benzene rings is 2. The van der Waals surface area contributed by atoms with Gasteiger partial charge in [-0.05, 0) is 24.6 Å². The molecule has 0 saturated heterocycles. The molecule has 0 saturated carbocycles. The molecule has 1 atom stereocenters. The van der Waals surface area contributed by atoms with Crippen LogP contribution in [0.2, 0.25) is 0 Å². The molecular formula is C25H24N4O2. The van der Waals surface area contributed by atoms with E-state index in [9.17, 15) is 4.79 Å². The molecule has 3 aromatic rings. The molecule has 6 heteroatoms. The van der Waals surface area contributed by atoms with Gasteiger partial charge in [0.2, 0.25) is 0 Å². The molecule has 4 rings (SSSR count). The number of hydrogen-bond donors (Lipinski definition) is 1. The van der Waals surface area contributed by atoms with Crippen LogP contribution in [0.25, 0.3) is 5.69 Å². The van der Waals surface area contributed by atoms with Crippen LogP contribution in [-0.2, 0) is 11.3 Å². The third-order valence-electron chi connectivity index (χ3n) is 5.39. The Bertz CT molecular complexity index is 1170. The van der Waals surface area contributed by atoms with E-state index >= 15 is 0 Å². The van der Waals surface area contributed by atoms with E-state index in [1.807, 2.05) is 60.0 Å². The van der Waals surface area contributed by atoms with E-state index in [4.69, 9.17) is 16.2 Å². The summed E-state index contributed by atoms with van der Waals surface area (Å²) in [5.74, 6) is 2.48. The molecule has 0 bridgehead atoms. The molecule has 0 aliphatic carbocycles. The molecule has 1 amide bonds. The molecule has 0 fully saturated rings. The Morgan fingerprint density at radius 1 is 1.29 bits per heavy atom. The first-order valence-electron chi connectivity index (χ1n) is 10.2. The van der Waals surface area contributed by atoms with Gasteiger partial charge in [0.05, 0.1) is 36.3 Å². The first kappa shape index (κ1) is 20.6. The molecule has 1 unspecified atom stereocenters. The minimum Gasteiger partial charge on any atom is -0.383 e. The number of methoxy groups -OCH3 is 1. The van der Waals surface area contributed by atoms with E-state index < -0.39 is 0 Å². The molecular weight excluding hydrogens is 388 g/mol. The maximum Gasteiger partial charge on any atom is 0.272 e. The van der Waals surface area contributed by atoms with Crippen molar-refractivity contribution in [1.82, 2.24) is 14.9 Å². The smallest absolute Gasteiger partial charge is 0.272 e. The predicted molar refractivity (Wildman–Crippen MR) is 121 cm³/mol. The van der Waals surface area contributed by atoms with E-state index in [0.29, 0.717) is 18.8 Å². The van der Waals surface area contributed by atoms with Crippen molar-refractivity contribution in [1.29, 1.82) is 0 Å². The SMILES string of the molecule is C#Cc1ccc2c(c1)C(c1ccccc1)=NCc1c(C(=O)NC(CC)COC)ncn1-2. The van der Waals surface area contributed by atoms with Gasteiger partial charge < -0.3 is 10.1 Å². The molecule has 0 radical (unpaired) electrons. The van der Waals surface area contributed by atoms with Gasteiger partial charge in [-0.3, -0.25) is 14.4 Å². The summed E-state index contributed by atoms with van der Waals surface area (Å²) in [5, 5.41) is 3.01. The number of carbonyl (C=O) groups is 1. The molecule has 1 aliphatic rings. The maximum atomic E-state index is 13.0. The molecule has 1 aromatic heterocycles. The van der Waals surface area contributed by atoms with Gasteiger partial charge in [0.25, 0.3) is 5.91 Å². The first-order valence-corrected chi connectivity index (χ1v) is 10.2. The average molecular weight is 412 g/mol. The fourth-order valence-corrected chi connectivity index (χ4v) is 3.75. The number of terminal acetylenes is 1. The Morgan fingerprint density at radius 2 is 2.10 bits per heavy atom. The number of hydrogen-bond acceptors (Lipinski definition) is 4. The van der Waals surface area contributed by atoms with Crippen molar-refractivity contribution in [3.05, 3.63) is 82.9 Å². The highest BCUT2D eigenvalue weighted by molar-refractivity contribution is 6.15. The second-order valence-electron chi connectivity index (χ2n) is 7.35. The molecule has 2 aromatic carbocycles. The standard InChI is InChI=1S/C25H24N4O2/c1-4-17-11-12-21-20(13-17)23(18-9-7-6-8-10-18)26-14-22-24(27-16-29(21)22)25(30)28-19(5-2)15-31-3/h1,6-13,16,19H,5,14-15H2,2-3H3,(H,28,30). The monoisotopic (exact) mass is 412 g/mol. The first-order chi connectivity index (χ1) is 15.2. The number of nitrogens with one attached hydrogen (secondary N) is 1. The fourth-order valence-electron chi connectivity index (χ4n) is 3.75.